The third-order valence-electron chi connectivity index (χ3n) is 7.33. The predicted octanol–water partition coefficient (Wildman–Crippen LogP) is 6.87. The van der Waals surface area contributed by atoms with E-state index in [0.29, 0.717) is 62.5 Å². The highest BCUT2D eigenvalue weighted by Crippen LogP contribution is 2.66. The molecule has 186 valence electrons. The van der Waals surface area contributed by atoms with Gasteiger partial charge in [-0.05, 0) is 86.8 Å². The Labute approximate surface area is 194 Å². The van der Waals surface area contributed by atoms with Crippen molar-refractivity contribution < 1.29 is 28.7 Å². The zero-order chi connectivity index (χ0) is 25.1. The lowest BCUT2D eigenvalue weighted by Crippen LogP contribution is -2.33. The molecule has 0 amide bonds. The fourth-order valence-electron chi connectivity index (χ4n) is 5.99. The summed E-state index contributed by atoms with van der Waals surface area (Å²) in [7, 11) is -9.05. The monoisotopic (exact) mass is 490 g/mol. The minimum Gasteiger partial charge on any atom is -0.324 e. The van der Waals surface area contributed by atoms with E-state index in [1.54, 1.807) is 0 Å². The van der Waals surface area contributed by atoms with Crippen LogP contribution < -0.4 is 0 Å². The molecule has 6 nitrogen and oxygen atoms in total. The van der Waals surface area contributed by atoms with Crippen molar-refractivity contribution in [1.29, 1.82) is 0 Å². The molecule has 1 aromatic rings. The van der Waals surface area contributed by atoms with E-state index in [1.165, 1.54) is 0 Å². The third kappa shape index (κ3) is 4.97. The van der Waals surface area contributed by atoms with Crippen molar-refractivity contribution in [2.45, 2.75) is 117 Å². The molecule has 0 bridgehead atoms. The third-order valence-corrected chi connectivity index (χ3v) is 10.9. The second-order valence-corrected chi connectivity index (χ2v) is 13.3. The second-order valence-electron chi connectivity index (χ2n) is 9.40. The highest BCUT2D eigenvalue weighted by atomic mass is 31.2. The first-order valence-corrected chi connectivity index (χ1v) is 15.1. The van der Waals surface area contributed by atoms with Gasteiger partial charge in [0.1, 0.15) is 0 Å². The highest BCUT2D eigenvalue weighted by Gasteiger charge is 2.52. The Hall–Kier alpha value is -0.480. The number of hydrogen-bond donors (Lipinski definition) is 4. The van der Waals surface area contributed by atoms with Gasteiger partial charge in [0.15, 0.2) is 0 Å². The minimum atomic E-state index is -4.52. The van der Waals surface area contributed by atoms with Crippen LogP contribution in [0.2, 0.25) is 0 Å². The first kappa shape index (κ1) is 29.6. The Bertz CT molecular complexity index is 782. The van der Waals surface area contributed by atoms with E-state index in [2.05, 4.69) is 0 Å². The standard InChI is InChI=1S/C24H44O6P2/c1-9-13-23(14-10-2,31(25,26)27)21-17(5)19(7)22(20(8)18(21)6)24(15-11-3,16-12-4)32(28,29)30/h9-16H2,1-8H3,(H2,25,26,27)(H2,28,29,30). The van der Waals surface area contributed by atoms with E-state index in [1.807, 2.05) is 55.4 Å². The van der Waals surface area contributed by atoms with E-state index >= 15 is 0 Å². The molecule has 4 N–H and O–H groups in total. The molecule has 32 heavy (non-hydrogen) atoms. The molecule has 0 radical (unpaired) electrons. The van der Waals surface area contributed by atoms with Crippen molar-refractivity contribution in [3.05, 3.63) is 33.4 Å². The Morgan fingerprint density at radius 2 is 0.719 bits per heavy atom. The molecule has 0 aliphatic heterocycles. The summed E-state index contributed by atoms with van der Waals surface area (Å²) in [6.07, 6.45) is 3.95. The Kier molecular flexibility index (Phi) is 10.0. The molecule has 0 saturated carbocycles. The minimum absolute atomic E-state index is 0.360. The number of hydrogen-bond acceptors (Lipinski definition) is 2. The van der Waals surface area contributed by atoms with E-state index in [-0.39, 0.29) is 0 Å². The molecule has 0 heterocycles. The molecule has 0 aliphatic carbocycles. The molecule has 0 spiro atoms. The summed E-state index contributed by atoms with van der Waals surface area (Å²) in [5.74, 6) is 0. The zero-order valence-corrected chi connectivity index (χ0v) is 22.9. The van der Waals surface area contributed by atoms with Gasteiger partial charge in [0, 0.05) is 0 Å². The summed E-state index contributed by atoms with van der Waals surface area (Å²) in [6, 6.07) is 0. The SMILES string of the molecule is CCCC(CCC)(c1c(C)c(C)c(C(CCC)(CCC)P(=O)(O)O)c(C)c1C)P(=O)(O)O. The molecule has 0 unspecified atom stereocenters. The van der Waals surface area contributed by atoms with Crippen molar-refractivity contribution in [2.24, 2.45) is 0 Å². The summed E-state index contributed by atoms with van der Waals surface area (Å²) in [4.78, 5) is 42.4. The predicted molar refractivity (Wildman–Crippen MR) is 132 cm³/mol. The summed E-state index contributed by atoms with van der Waals surface area (Å²) in [5.41, 5.74) is 4.33. The van der Waals surface area contributed by atoms with E-state index in [4.69, 9.17) is 0 Å². The lowest BCUT2D eigenvalue weighted by Gasteiger charge is -2.42. The summed E-state index contributed by atoms with van der Waals surface area (Å²) < 4.78 is 26.0. The van der Waals surface area contributed by atoms with Gasteiger partial charge in [-0.1, -0.05) is 53.4 Å². The van der Waals surface area contributed by atoms with Crippen LogP contribution in [0.1, 0.15) is 112 Å². The van der Waals surface area contributed by atoms with Crippen LogP contribution in [-0.2, 0) is 19.4 Å². The van der Waals surface area contributed by atoms with Gasteiger partial charge in [-0.3, -0.25) is 9.13 Å². The molecule has 0 aromatic heterocycles. The summed E-state index contributed by atoms with van der Waals surface area (Å²) in [6.45, 7) is 15.2. The maximum absolute atomic E-state index is 13.0. The van der Waals surface area contributed by atoms with Crippen molar-refractivity contribution in [3.63, 3.8) is 0 Å². The van der Waals surface area contributed by atoms with Crippen molar-refractivity contribution >= 4 is 15.2 Å². The molecular formula is C24H44O6P2. The van der Waals surface area contributed by atoms with Crippen LogP contribution in [0, 0.1) is 27.7 Å². The van der Waals surface area contributed by atoms with Crippen molar-refractivity contribution in [2.75, 3.05) is 0 Å². The van der Waals surface area contributed by atoms with Crippen LogP contribution in [0.15, 0.2) is 0 Å². The fourth-order valence-corrected chi connectivity index (χ4v) is 9.30. The highest BCUT2D eigenvalue weighted by molar-refractivity contribution is 7.53. The fraction of sp³-hybridized carbons (Fsp3) is 0.750. The first-order chi connectivity index (χ1) is 14.6. The van der Waals surface area contributed by atoms with E-state index in [9.17, 15) is 28.7 Å². The van der Waals surface area contributed by atoms with Gasteiger partial charge in [-0.25, -0.2) is 0 Å². The van der Waals surface area contributed by atoms with Crippen LogP contribution in [0.4, 0.5) is 0 Å². The van der Waals surface area contributed by atoms with Gasteiger partial charge in [0.05, 0.1) is 10.3 Å². The Morgan fingerprint density at radius 3 is 0.844 bits per heavy atom. The van der Waals surface area contributed by atoms with Crippen LogP contribution in [0.3, 0.4) is 0 Å². The van der Waals surface area contributed by atoms with Crippen molar-refractivity contribution in [3.8, 4) is 0 Å². The lowest BCUT2D eigenvalue weighted by molar-refractivity contribution is 0.299. The second kappa shape index (κ2) is 10.8. The molecule has 8 heteroatoms. The summed E-state index contributed by atoms with van der Waals surface area (Å²) >= 11 is 0. The topological polar surface area (TPSA) is 115 Å². The van der Waals surface area contributed by atoms with Crippen LogP contribution in [0.25, 0.3) is 0 Å². The molecule has 1 rings (SSSR count). The zero-order valence-electron chi connectivity index (χ0n) is 21.2. The number of benzene rings is 1. The van der Waals surface area contributed by atoms with Crippen LogP contribution >= 0.6 is 15.2 Å². The van der Waals surface area contributed by atoms with Gasteiger partial charge in [-0.15, -0.1) is 0 Å². The Balaban J connectivity index is 4.23. The number of rotatable bonds is 12. The Morgan fingerprint density at radius 1 is 0.531 bits per heavy atom. The molecule has 1 aromatic carbocycles. The first-order valence-electron chi connectivity index (χ1n) is 11.9. The normalized spacial score (nSPS) is 13.6. The van der Waals surface area contributed by atoms with Gasteiger partial charge in [0.2, 0.25) is 0 Å². The van der Waals surface area contributed by atoms with Gasteiger partial charge in [0.25, 0.3) is 0 Å². The quantitative estimate of drug-likeness (QED) is 0.238. The maximum atomic E-state index is 13.0. The lowest BCUT2D eigenvalue weighted by atomic mass is 9.75. The van der Waals surface area contributed by atoms with Gasteiger partial charge < -0.3 is 19.6 Å². The van der Waals surface area contributed by atoms with E-state index < -0.39 is 25.5 Å². The maximum Gasteiger partial charge on any atom is 0.336 e. The molecule has 0 atom stereocenters. The average Bonchev–Trinajstić information content (AvgIpc) is 2.65. The van der Waals surface area contributed by atoms with E-state index in [0.717, 1.165) is 22.3 Å². The smallest absolute Gasteiger partial charge is 0.324 e. The largest absolute Gasteiger partial charge is 0.336 e. The van der Waals surface area contributed by atoms with Gasteiger partial charge >= 0.3 is 15.2 Å². The van der Waals surface area contributed by atoms with Crippen LogP contribution in [-0.4, -0.2) is 19.6 Å². The molecule has 0 aliphatic rings. The van der Waals surface area contributed by atoms with Gasteiger partial charge in [-0.2, -0.15) is 0 Å². The average molecular weight is 491 g/mol. The van der Waals surface area contributed by atoms with Crippen molar-refractivity contribution in [1.82, 2.24) is 0 Å². The molecule has 0 fully saturated rings. The van der Waals surface area contributed by atoms with Crippen LogP contribution in [0.5, 0.6) is 0 Å². The summed E-state index contributed by atoms with van der Waals surface area (Å²) in [5, 5.41) is -2.59. The molecular weight excluding hydrogens is 446 g/mol. The molecule has 0 saturated heterocycles.